The minimum absolute atomic E-state index is 0.295. The van der Waals surface area contributed by atoms with Crippen molar-refractivity contribution in [1.29, 1.82) is 0 Å². The smallest absolute Gasteiger partial charge is 0.401 e. The second-order valence-electron chi connectivity index (χ2n) is 3.38. The maximum absolute atomic E-state index is 12.6. The molecule has 1 unspecified atom stereocenters. The molecular weight excluding hydrogens is 399 g/mol. The van der Waals surface area contributed by atoms with Gasteiger partial charge in [0.15, 0.2) is 0 Å². The minimum atomic E-state index is -4.51. The van der Waals surface area contributed by atoms with Crippen molar-refractivity contribution in [2.75, 3.05) is 6.61 Å². The maximum atomic E-state index is 12.6. The van der Waals surface area contributed by atoms with Crippen LogP contribution in [0.4, 0.5) is 13.2 Å². The number of ether oxygens (including phenoxy) is 1. The summed E-state index contributed by atoms with van der Waals surface area (Å²) < 4.78 is 44.1. The number of halogens is 5. The predicted molar refractivity (Wildman–Crippen MR) is 73.7 cm³/mol. The maximum Gasteiger partial charge on any atom is 0.401 e. The lowest BCUT2D eigenvalue weighted by Gasteiger charge is -2.19. The third kappa shape index (κ3) is 4.40. The second-order valence-corrected chi connectivity index (χ2v) is 5.62. The van der Waals surface area contributed by atoms with Crippen LogP contribution in [-0.4, -0.2) is 17.8 Å². The summed E-state index contributed by atoms with van der Waals surface area (Å²) in [7, 11) is 0. The third-order valence-corrected chi connectivity index (χ3v) is 3.44. The molecule has 8 heteroatoms. The molecule has 0 aliphatic rings. The van der Waals surface area contributed by atoms with Gasteiger partial charge in [-0.1, -0.05) is 28.1 Å². The van der Waals surface area contributed by atoms with E-state index >= 15 is 0 Å². The predicted octanol–water partition coefficient (Wildman–Crippen LogP) is 4.06. The summed E-state index contributed by atoms with van der Waals surface area (Å²) in [4.78, 5) is -0.629. The monoisotopic (exact) mass is 405 g/mol. The summed E-state index contributed by atoms with van der Waals surface area (Å²) in [5.41, 5.74) is 5.06. The molecule has 0 radical (unpaired) electrons. The van der Waals surface area contributed by atoms with Crippen LogP contribution in [0, 0.1) is 5.92 Å². The molecule has 2 nitrogen and oxygen atoms in total. The van der Waals surface area contributed by atoms with Crippen LogP contribution in [0.3, 0.4) is 0 Å². The van der Waals surface area contributed by atoms with Gasteiger partial charge in [0.25, 0.3) is 0 Å². The molecule has 0 amide bonds. The second kappa shape index (κ2) is 6.21. The van der Waals surface area contributed by atoms with E-state index in [2.05, 4.69) is 44.1 Å². The Balaban J connectivity index is 2.77. The van der Waals surface area contributed by atoms with Crippen LogP contribution < -0.4 is 10.5 Å². The number of thiocarbonyl (C=S) groups is 1. The molecule has 0 aliphatic heterocycles. The summed E-state index contributed by atoms with van der Waals surface area (Å²) in [5.74, 6) is -1.66. The molecule has 1 aromatic carbocycles. The molecule has 0 spiro atoms. The van der Waals surface area contributed by atoms with E-state index < -0.39 is 23.7 Å². The van der Waals surface area contributed by atoms with E-state index in [4.69, 9.17) is 10.5 Å². The summed E-state index contributed by atoms with van der Waals surface area (Å²) in [6.45, 7) is -0.640. The minimum Gasteiger partial charge on any atom is -0.491 e. The zero-order chi connectivity index (χ0) is 13.9. The molecule has 0 heterocycles. The van der Waals surface area contributed by atoms with Gasteiger partial charge in [0.1, 0.15) is 18.3 Å². The Morgan fingerprint density at radius 2 is 2.00 bits per heavy atom. The van der Waals surface area contributed by atoms with Crippen LogP contribution in [0.15, 0.2) is 27.1 Å². The van der Waals surface area contributed by atoms with Gasteiger partial charge in [-0.15, -0.1) is 0 Å². The molecule has 0 bridgehead atoms. The average Bonchev–Trinajstić information content (AvgIpc) is 2.18. The van der Waals surface area contributed by atoms with E-state index in [9.17, 15) is 13.2 Å². The molecule has 0 saturated carbocycles. The lowest BCUT2D eigenvalue weighted by Crippen LogP contribution is -2.38. The van der Waals surface area contributed by atoms with Crippen LogP contribution in [0.1, 0.15) is 0 Å². The molecular formula is C10H8Br2F3NOS. The van der Waals surface area contributed by atoms with Crippen LogP contribution in [0.5, 0.6) is 5.75 Å². The van der Waals surface area contributed by atoms with Gasteiger partial charge in [0, 0.05) is 4.47 Å². The Morgan fingerprint density at radius 3 is 2.44 bits per heavy atom. The quantitative estimate of drug-likeness (QED) is 0.766. The van der Waals surface area contributed by atoms with Gasteiger partial charge in [-0.05, 0) is 34.1 Å². The van der Waals surface area contributed by atoms with E-state index in [1.165, 1.54) is 0 Å². The van der Waals surface area contributed by atoms with E-state index in [0.29, 0.717) is 10.2 Å². The van der Waals surface area contributed by atoms with Crippen molar-refractivity contribution < 1.29 is 17.9 Å². The summed E-state index contributed by atoms with van der Waals surface area (Å²) in [6.07, 6.45) is -4.51. The first-order chi connectivity index (χ1) is 8.21. The molecule has 0 fully saturated rings. The summed E-state index contributed by atoms with van der Waals surface area (Å²) in [6, 6.07) is 4.86. The van der Waals surface area contributed by atoms with Crippen molar-refractivity contribution in [2.24, 2.45) is 11.7 Å². The van der Waals surface area contributed by atoms with Crippen molar-refractivity contribution in [3.63, 3.8) is 0 Å². The molecule has 1 atom stereocenters. The highest BCUT2D eigenvalue weighted by Gasteiger charge is 2.42. The first kappa shape index (κ1) is 15.7. The fourth-order valence-electron chi connectivity index (χ4n) is 1.10. The Kier molecular flexibility index (Phi) is 5.42. The topological polar surface area (TPSA) is 35.2 Å². The van der Waals surface area contributed by atoms with Crippen molar-refractivity contribution in [3.8, 4) is 5.75 Å². The molecule has 2 N–H and O–H groups in total. The lowest BCUT2D eigenvalue weighted by molar-refractivity contribution is -0.161. The third-order valence-electron chi connectivity index (χ3n) is 2.04. The van der Waals surface area contributed by atoms with Crippen LogP contribution >= 0.6 is 44.1 Å². The Morgan fingerprint density at radius 1 is 1.39 bits per heavy atom. The highest BCUT2D eigenvalue weighted by atomic mass is 79.9. The van der Waals surface area contributed by atoms with Crippen LogP contribution in [0.2, 0.25) is 0 Å². The molecule has 1 aromatic rings. The van der Waals surface area contributed by atoms with E-state index in [-0.39, 0.29) is 0 Å². The van der Waals surface area contributed by atoms with Gasteiger partial charge < -0.3 is 10.5 Å². The van der Waals surface area contributed by atoms with Crippen LogP contribution in [0.25, 0.3) is 0 Å². The highest BCUT2D eigenvalue weighted by Crippen LogP contribution is 2.31. The molecule has 100 valence electrons. The Labute approximate surface area is 124 Å². The number of benzene rings is 1. The number of hydrogen-bond donors (Lipinski definition) is 1. The standard InChI is InChI=1S/C10H8Br2F3NOS/c11-5-1-2-8(7(12)3-5)17-4-6(9(16)18)10(13,14)15/h1-3,6H,4H2,(H2,16,18). The number of nitrogens with two attached hydrogens (primary N) is 1. The molecule has 0 saturated heterocycles. The molecule has 0 aliphatic carbocycles. The van der Waals surface area contributed by atoms with Gasteiger partial charge in [0.2, 0.25) is 0 Å². The fraction of sp³-hybridized carbons (Fsp3) is 0.300. The van der Waals surface area contributed by atoms with Gasteiger partial charge in [0.05, 0.1) is 9.46 Å². The Hall–Kier alpha value is -0.340. The molecule has 1 rings (SSSR count). The van der Waals surface area contributed by atoms with Crippen molar-refractivity contribution in [2.45, 2.75) is 6.18 Å². The van der Waals surface area contributed by atoms with E-state index in [1.807, 2.05) is 0 Å². The lowest BCUT2D eigenvalue weighted by atomic mass is 10.1. The normalized spacial score (nSPS) is 13.2. The number of rotatable bonds is 4. The summed E-state index contributed by atoms with van der Waals surface area (Å²) >= 11 is 10.8. The summed E-state index contributed by atoms with van der Waals surface area (Å²) in [5, 5.41) is 0. The van der Waals surface area contributed by atoms with E-state index in [0.717, 1.165) is 4.47 Å². The largest absolute Gasteiger partial charge is 0.491 e. The SMILES string of the molecule is NC(=S)C(COc1ccc(Br)cc1Br)C(F)(F)F. The highest BCUT2D eigenvalue weighted by molar-refractivity contribution is 9.11. The van der Waals surface area contributed by atoms with Crippen molar-refractivity contribution in [1.82, 2.24) is 0 Å². The van der Waals surface area contributed by atoms with Crippen molar-refractivity contribution >= 4 is 49.1 Å². The van der Waals surface area contributed by atoms with E-state index in [1.54, 1.807) is 18.2 Å². The van der Waals surface area contributed by atoms with Gasteiger partial charge in [-0.2, -0.15) is 13.2 Å². The zero-order valence-corrected chi connectivity index (χ0v) is 12.8. The average molecular weight is 407 g/mol. The molecule has 0 aromatic heterocycles. The Bertz CT molecular complexity index is 453. The van der Waals surface area contributed by atoms with Gasteiger partial charge in [-0.25, -0.2) is 0 Å². The molecule has 18 heavy (non-hydrogen) atoms. The van der Waals surface area contributed by atoms with Crippen molar-refractivity contribution in [3.05, 3.63) is 27.1 Å². The van der Waals surface area contributed by atoms with Crippen LogP contribution in [-0.2, 0) is 0 Å². The zero-order valence-electron chi connectivity index (χ0n) is 8.80. The number of hydrogen-bond acceptors (Lipinski definition) is 2. The fourth-order valence-corrected chi connectivity index (χ4v) is 2.47. The first-order valence-corrected chi connectivity index (χ1v) is 6.65. The number of alkyl halides is 3. The first-order valence-electron chi connectivity index (χ1n) is 4.65. The van der Waals surface area contributed by atoms with Gasteiger partial charge >= 0.3 is 6.18 Å². The van der Waals surface area contributed by atoms with Gasteiger partial charge in [-0.3, -0.25) is 0 Å².